The van der Waals surface area contributed by atoms with Gasteiger partial charge in [-0.25, -0.2) is 28.2 Å². The van der Waals surface area contributed by atoms with E-state index in [-0.39, 0.29) is 11.4 Å². The second-order valence-electron chi connectivity index (χ2n) is 12.5. The Morgan fingerprint density at radius 3 is 2.55 bits per heavy atom. The number of fused-ring (bicyclic) bond motifs is 2. The minimum atomic E-state index is -3.10. The van der Waals surface area contributed by atoms with Gasteiger partial charge in [-0.15, -0.1) is 0 Å². The van der Waals surface area contributed by atoms with Crippen LogP contribution in [0.4, 0.5) is 27.8 Å². The minimum absolute atomic E-state index is 0.00203. The zero-order valence-corrected chi connectivity index (χ0v) is 25.4. The highest BCUT2D eigenvalue weighted by atomic mass is 32.2. The van der Waals surface area contributed by atoms with Crippen molar-refractivity contribution in [2.45, 2.75) is 70.5 Å². The monoisotopic (exact) mass is 592 g/mol. The third kappa shape index (κ3) is 5.99. The van der Waals surface area contributed by atoms with E-state index in [1.807, 2.05) is 52.2 Å². The van der Waals surface area contributed by atoms with Crippen LogP contribution in [0, 0.1) is 6.92 Å². The summed E-state index contributed by atoms with van der Waals surface area (Å²) in [5.74, 6) is 0.934. The summed E-state index contributed by atoms with van der Waals surface area (Å²) in [6.45, 7) is 9.35. The second-order valence-corrected chi connectivity index (χ2v) is 14.6. The smallest absolute Gasteiger partial charge is 0.415 e. The number of aromatic nitrogens is 3. The molecule has 42 heavy (non-hydrogen) atoms. The fourth-order valence-electron chi connectivity index (χ4n) is 5.43. The molecule has 1 amide bonds. The molecular weight excluding hydrogens is 556 g/mol. The van der Waals surface area contributed by atoms with Gasteiger partial charge in [0.2, 0.25) is 11.8 Å². The van der Waals surface area contributed by atoms with E-state index >= 15 is 0 Å². The largest absolute Gasteiger partial charge is 0.468 e. The van der Waals surface area contributed by atoms with Crippen molar-refractivity contribution in [1.82, 2.24) is 15.0 Å². The van der Waals surface area contributed by atoms with E-state index in [4.69, 9.17) is 14.5 Å². The highest BCUT2D eigenvalue weighted by Gasteiger charge is 2.53. The minimum Gasteiger partial charge on any atom is -0.468 e. The van der Waals surface area contributed by atoms with Gasteiger partial charge in [-0.05, 0) is 70.2 Å². The lowest BCUT2D eigenvalue weighted by atomic mass is 10.0. The van der Waals surface area contributed by atoms with Crippen LogP contribution in [0.25, 0.3) is 0 Å². The zero-order valence-electron chi connectivity index (χ0n) is 24.6. The van der Waals surface area contributed by atoms with Gasteiger partial charge in [-0.2, -0.15) is 0 Å². The zero-order chi connectivity index (χ0) is 29.9. The van der Waals surface area contributed by atoms with Gasteiger partial charge in [0.1, 0.15) is 16.9 Å². The molecule has 222 valence electrons. The third-order valence-electron chi connectivity index (χ3n) is 7.62. The number of pyridine rings is 1. The van der Waals surface area contributed by atoms with E-state index in [0.29, 0.717) is 30.6 Å². The van der Waals surface area contributed by atoms with Gasteiger partial charge in [-0.3, -0.25) is 4.90 Å². The van der Waals surface area contributed by atoms with Crippen molar-refractivity contribution in [3.8, 4) is 5.88 Å². The molecule has 6 rings (SSSR count). The van der Waals surface area contributed by atoms with E-state index in [9.17, 15) is 13.2 Å². The molecule has 4 heterocycles. The van der Waals surface area contributed by atoms with Gasteiger partial charge in [0.15, 0.2) is 9.84 Å². The van der Waals surface area contributed by atoms with Crippen molar-refractivity contribution >= 4 is 38.9 Å². The Labute approximate surface area is 246 Å². The quantitative estimate of drug-likeness (QED) is 0.446. The Kier molecular flexibility index (Phi) is 6.79. The van der Waals surface area contributed by atoms with Crippen LogP contribution in [-0.2, 0) is 33.3 Å². The van der Waals surface area contributed by atoms with Gasteiger partial charge in [0.25, 0.3) is 0 Å². The highest BCUT2D eigenvalue weighted by molar-refractivity contribution is 7.89. The Morgan fingerprint density at radius 1 is 1.14 bits per heavy atom. The number of rotatable bonds is 5. The topological polar surface area (TPSA) is 127 Å². The van der Waals surface area contributed by atoms with E-state index in [1.54, 1.807) is 17.0 Å². The van der Waals surface area contributed by atoms with Crippen LogP contribution in [-0.4, -0.2) is 60.0 Å². The van der Waals surface area contributed by atoms with Crippen molar-refractivity contribution in [2.75, 3.05) is 34.5 Å². The molecule has 0 atom stereocenters. The van der Waals surface area contributed by atoms with E-state index in [2.05, 4.69) is 20.2 Å². The van der Waals surface area contributed by atoms with Crippen LogP contribution >= 0.6 is 0 Å². The lowest BCUT2D eigenvalue weighted by Crippen LogP contribution is -2.47. The first-order valence-electron chi connectivity index (χ1n) is 14.1. The van der Waals surface area contributed by atoms with E-state index in [1.165, 1.54) is 6.26 Å². The number of sulfone groups is 1. The summed E-state index contributed by atoms with van der Waals surface area (Å²) in [5.41, 5.74) is 4.97. The number of hydrogen-bond acceptors (Lipinski definition) is 10. The molecule has 1 spiro atoms. The number of carbonyl (C=O) groups is 1. The number of carbonyl (C=O) groups excluding carboxylic acids is 1. The second kappa shape index (κ2) is 10.1. The Balaban J connectivity index is 1.23. The molecule has 2 aromatic heterocycles. The van der Waals surface area contributed by atoms with Gasteiger partial charge in [0, 0.05) is 30.2 Å². The molecular formula is C30H36N6O5S. The first-order valence-corrected chi connectivity index (χ1v) is 16.2. The fraction of sp³-hybridized carbons (Fsp3) is 0.467. The Morgan fingerprint density at radius 2 is 1.88 bits per heavy atom. The number of nitrogens with zero attached hydrogens (tertiary/aromatic N) is 5. The van der Waals surface area contributed by atoms with Crippen LogP contribution < -0.4 is 19.9 Å². The summed E-state index contributed by atoms with van der Waals surface area (Å²) < 4.78 is 35.2. The number of amides is 1. The maximum atomic E-state index is 13.3. The predicted octanol–water partition coefficient (Wildman–Crippen LogP) is 4.70. The molecule has 11 nitrogen and oxygen atoms in total. The summed E-state index contributed by atoms with van der Waals surface area (Å²) in [4.78, 5) is 31.2. The lowest BCUT2D eigenvalue weighted by Gasteiger charge is -2.38. The maximum Gasteiger partial charge on any atom is 0.415 e. The molecule has 2 aliphatic heterocycles. The number of nitrogens with one attached hydrogen (secondary N) is 1. The Bertz CT molecular complexity index is 1650. The van der Waals surface area contributed by atoms with Gasteiger partial charge in [-0.1, -0.05) is 12.1 Å². The molecule has 12 heteroatoms. The molecule has 0 saturated heterocycles. The molecule has 1 aliphatic carbocycles. The summed E-state index contributed by atoms with van der Waals surface area (Å²) in [6.07, 6.45) is 7.05. The van der Waals surface area contributed by atoms with Crippen molar-refractivity contribution in [2.24, 2.45) is 0 Å². The standard InChI is InChI=1S/C30H36N6O5S/c1-19-24(15-31-26-25(19)36(18-30(40-26)11-12-30)28(37)41-29(2,3)4)35-13-10-21-14-32-27(34-23(21)16-35)33-22-8-6-20(7-9-22)17-42(5,38)39/h6-9,14-15H,10-13,16-18H2,1-5H3,(H,32,33,34). The normalized spacial score (nSPS) is 17.3. The summed E-state index contributed by atoms with van der Waals surface area (Å²) in [7, 11) is -3.10. The number of anilines is 4. The average Bonchev–Trinajstić information content (AvgIpc) is 3.65. The molecule has 1 N–H and O–H groups in total. The first kappa shape index (κ1) is 28.2. The maximum absolute atomic E-state index is 13.3. The van der Waals surface area contributed by atoms with Crippen LogP contribution in [0.15, 0.2) is 36.7 Å². The van der Waals surface area contributed by atoms with Gasteiger partial charge < -0.3 is 19.7 Å². The lowest BCUT2D eigenvalue weighted by molar-refractivity contribution is 0.0533. The number of benzene rings is 1. The number of hydrogen-bond donors (Lipinski definition) is 1. The molecule has 1 saturated carbocycles. The molecule has 1 fully saturated rings. The summed E-state index contributed by atoms with van der Waals surface area (Å²) in [5, 5.41) is 3.22. The van der Waals surface area contributed by atoms with Crippen molar-refractivity contribution < 1.29 is 22.7 Å². The van der Waals surface area contributed by atoms with Crippen LogP contribution in [0.1, 0.15) is 56.0 Å². The third-order valence-corrected chi connectivity index (χ3v) is 8.48. The first-order chi connectivity index (χ1) is 19.8. The molecule has 0 bridgehead atoms. The van der Waals surface area contributed by atoms with Gasteiger partial charge >= 0.3 is 6.09 Å². The highest BCUT2D eigenvalue weighted by Crippen LogP contribution is 2.50. The molecule has 0 radical (unpaired) electrons. The number of ether oxygens (including phenoxy) is 2. The fourth-order valence-corrected chi connectivity index (χ4v) is 6.23. The van der Waals surface area contributed by atoms with Gasteiger partial charge in [0.05, 0.1) is 36.4 Å². The summed E-state index contributed by atoms with van der Waals surface area (Å²) in [6, 6.07) is 7.21. The SMILES string of the molecule is Cc1c(N2CCc3cnc(Nc4ccc(CS(C)(=O)=O)cc4)nc3C2)cnc2c1N(C(=O)OC(C)(C)C)CC1(CC1)O2. The van der Waals surface area contributed by atoms with Crippen molar-refractivity contribution in [1.29, 1.82) is 0 Å². The van der Waals surface area contributed by atoms with Crippen molar-refractivity contribution in [3.05, 3.63) is 59.0 Å². The van der Waals surface area contributed by atoms with E-state index < -0.39 is 21.5 Å². The predicted molar refractivity (Wildman–Crippen MR) is 160 cm³/mol. The van der Waals surface area contributed by atoms with Crippen LogP contribution in [0.3, 0.4) is 0 Å². The summed E-state index contributed by atoms with van der Waals surface area (Å²) >= 11 is 0. The van der Waals surface area contributed by atoms with Crippen molar-refractivity contribution in [3.63, 3.8) is 0 Å². The molecule has 1 aromatic carbocycles. The molecule has 3 aromatic rings. The molecule has 0 unspecified atom stereocenters. The Hall–Kier alpha value is -3.93. The molecule has 3 aliphatic rings. The average molecular weight is 593 g/mol. The van der Waals surface area contributed by atoms with Crippen LogP contribution in [0.2, 0.25) is 0 Å². The van der Waals surface area contributed by atoms with E-state index in [0.717, 1.165) is 59.6 Å². The van der Waals surface area contributed by atoms with Crippen LogP contribution in [0.5, 0.6) is 5.88 Å².